The summed E-state index contributed by atoms with van der Waals surface area (Å²) < 4.78 is 46.7. The van der Waals surface area contributed by atoms with Gasteiger partial charge in [-0.05, 0) is 57.2 Å². The molecule has 0 saturated carbocycles. The third-order valence-corrected chi connectivity index (χ3v) is 8.94. The molecule has 1 atom stereocenters. The number of amides is 2. The summed E-state index contributed by atoms with van der Waals surface area (Å²) in [6.07, 6.45) is 0.0346. The Hall–Kier alpha value is -3.39. The predicted octanol–water partition coefficient (Wildman–Crippen LogP) is 5.39. The van der Waals surface area contributed by atoms with Crippen molar-refractivity contribution in [1.29, 1.82) is 0 Å². The van der Waals surface area contributed by atoms with E-state index in [4.69, 9.17) is 4.74 Å². The lowest BCUT2D eigenvalue weighted by atomic mass is 10.1. The van der Waals surface area contributed by atoms with Gasteiger partial charge in [0, 0.05) is 11.9 Å². The van der Waals surface area contributed by atoms with Crippen molar-refractivity contribution in [3.8, 4) is 0 Å². The molecule has 1 aliphatic carbocycles. The highest BCUT2D eigenvalue weighted by Crippen LogP contribution is 2.38. The third kappa shape index (κ3) is 7.10. The molecule has 0 aliphatic heterocycles. The van der Waals surface area contributed by atoms with Gasteiger partial charge in [-0.2, -0.15) is 13.2 Å². The van der Waals surface area contributed by atoms with Crippen molar-refractivity contribution in [3.63, 3.8) is 0 Å². The standard InChI is InChI=1S/C27H30F3N5O4S2/c1-4-39-25(38)21-17-11-6-5-7-13-19(17)41-24(21)32-22(36)15(2)40-26-34-33-20(35(26)3)14-31-23(37)16-10-8-9-12-18(16)27(28,29)30/h8-10,12,15H,4-7,11,13-14H2,1-3H3,(H,31,37)(H,32,36)/t15-/m0/s1. The van der Waals surface area contributed by atoms with E-state index in [1.807, 2.05) is 0 Å². The molecule has 2 amide bonds. The van der Waals surface area contributed by atoms with Crippen LogP contribution in [-0.4, -0.2) is 44.4 Å². The van der Waals surface area contributed by atoms with Gasteiger partial charge in [0.15, 0.2) is 11.0 Å². The van der Waals surface area contributed by atoms with Crippen molar-refractivity contribution in [2.45, 2.75) is 69.1 Å². The minimum absolute atomic E-state index is 0.167. The Morgan fingerprint density at radius 3 is 2.61 bits per heavy atom. The number of halogens is 3. The Morgan fingerprint density at radius 1 is 1.15 bits per heavy atom. The number of carbonyl (C=O) groups is 3. The SMILES string of the molecule is CCOC(=O)c1c(NC(=O)[C@H](C)Sc2nnc(CNC(=O)c3ccccc3C(F)(F)F)n2C)sc2c1CCCCC2. The Balaban J connectivity index is 1.42. The first-order chi connectivity index (χ1) is 19.5. The van der Waals surface area contributed by atoms with Crippen LogP contribution in [0.25, 0.3) is 0 Å². The molecular formula is C27H30F3N5O4S2. The molecule has 2 N–H and O–H groups in total. The molecule has 2 aromatic heterocycles. The number of hydrogen-bond donors (Lipinski definition) is 2. The first-order valence-corrected chi connectivity index (χ1v) is 14.8. The number of hydrogen-bond acceptors (Lipinski definition) is 8. The number of esters is 1. The van der Waals surface area contributed by atoms with Crippen LogP contribution in [0.1, 0.15) is 75.7 Å². The Morgan fingerprint density at radius 2 is 1.88 bits per heavy atom. The topological polar surface area (TPSA) is 115 Å². The second-order valence-electron chi connectivity index (χ2n) is 9.42. The Bertz CT molecular complexity index is 1440. The molecule has 1 aliphatic rings. The number of rotatable bonds is 9. The number of benzene rings is 1. The van der Waals surface area contributed by atoms with E-state index >= 15 is 0 Å². The smallest absolute Gasteiger partial charge is 0.417 e. The van der Waals surface area contributed by atoms with Gasteiger partial charge >= 0.3 is 12.1 Å². The van der Waals surface area contributed by atoms with Crippen molar-refractivity contribution < 1.29 is 32.3 Å². The summed E-state index contributed by atoms with van der Waals surface area (Å²) in [5.74, 6) is -1.38. The van der Waals surface area contributed by atoms with Crippen LogP contribution in [0, 0.1) is 0 Å². The Kier molecular flexibility index (Phi) is 9.74. The van der Waals surface area contributed by atoms with Crippen LogP contribution in [0.3, 0.4) is 0 Å². The van der Waals surface area contributed by atoms with Gasteiger partial charge in [-0.25, -0.2) is 4.79 Å². The third-order valence-electron chi connectivity index (χ3n) is 6.60. The zero-order valence-electron chi connectivity index (χ0n) is 22.8. The minimum Gasteiger partial charge on any atom is -0.462 e. The molecule has 0 radical (unpaired) electrons. The van der Waals surface area contributed by atoms with Crippen molar-refractivity contribution in [1.82, 2.24) is 20.1 Å². The lowest BCUT2D eigenvalue weighted by Gasteiger charge is -2.13. The highest BCUT2D eigenvalue weighted by atomic mass is 32.2. The zero-order valence-corrected chi connectivity index (χ0v) is 24.4. The summed E-state index contributed by atoms with van der Waals surface area (Å²) in [4.78, 5) is 39.5. The summed E-state index contributed by atoms with van der Waals surface area (Å²) in [5, 5.41) is 13.7. The summed E-state index contributed by atoms with van der Waals surface area (Å²) in [7, 11) is 1.63. The fourth-order valence-corrected chi connectivity index (χ4v) is 6.57. The fourth-order valence-electron chi connectivity index (χ4n) is 4.46. The molecule has 4 rings (SSSR count). The molecule has 0 saturated heterocycles. The average Bonchev–Trinajstić information content (AvgIpc) is 3.35. The molecule has 3 aromatic rings. The summed E-state index contributed by atoms with van der Waals surface area (Å²) in [6.45, 7) is 3.49. The number of alkyl halides is 3. The second kappa shape index (κ2) is 13.1. The molecule has 14 heteroatoms. The minimum atomic E-state index is -4.67. The van der Waals surface area contributed by atoms with E-state index in [-0.39, 0.29) is 19.1 Å². The first-order valence-electron chi connectivity index (χ1n) is 13.1. The first kappa shape index (κ1) is 30.6. The van der Waals surface area contributed by atoms with E-state index in [9.17, 15) is 27.6 Å². The van der Waals surface area contributed by atoms with Gasteiger partial charge < -0.3 is 19.9 Å². The van der Waals surface area contributed by atoms with E-state index in [2.05, 4.69) is 20.8 Å². The van der Waals surface area contributed by atoms with Crippen molar-refractivity contribution in [3.05, 3.63) is 57.2 Å². The fraction of sp³-hybridized carbons (Fsp3) is 0.444. The van der Waals surface area contributed by atoms with Crippen molar-refractivity contribution in [2.24, 2.45) is 7.05 Å². The molecule has 41 heavy (non-hydrogen) atoms. The molecule has 0 bridgehead atoms. The van der Waals surface area contributed by atoms with Crippen LogP contribution < -0.4 is 10.6 Å². The van der Waals surface area contributed by atoms with E-state index in [1.54, 1.807) is 25.5 Å². The van der Waals surface area contributed by atoms with Crippen molar-refractivity contribution >= 4 is 45.9 Å². The zero-order chi connectivity index (χ0) is 29.7. The largest absolute Gasteiger partial charge is 0.462 e. The van der Waals surface area contributed by atoms with Crippen LogP contribution in [0.2, 0.25) is 0 Å². The maximum absolute atomic E-state index is 13.3. The number of fused-ring (bicyclic) bond motifs is 1. The normalized spacial score (nSPS) is 14.1. The quantitative estimate of drug-likeness (QED) is 0.190. The average molecular weight is 610 g/mol. The molecule has 220 valence electrons. The predicted molar refractivity (Wildman–Crippen MR) is 149 cm³/mol. The van der Waals surface area contributed by atoms with Gasteiger partial charge in [-0.3, -0.25) is 9.59 Å². The van der Waals surface area contributed by atoms with Gasteiger partial charge in [0.1, 0.15) is 5.00 Å². The lowest BCUT2D eigenvalue weighted by molar-refractivity contribution is -0.138. The number of ether oxygens (including phenoxy) is 1. The number of aromatic nitrogens is 3. The molecule has 2 heterocycles. The highest BCUT2D eigenvalue weighted by molar-refractivity contribution is 8.00. The Labute approximate surface area is 243 Å². The molecule has 1 aromatic carbocycles. The number of thioether (sulfide) groups is 1. The molecule has 0 unspecified atom stereocenters. The molecular weight excluding hydrogens is 579 g/mol. The molecule has 9 nitrogen and oxygen atoms in total. The molecule has 0 spiro atoms. The maximum atomic E-state index is 13.3. The van der Waals surface area contributed by atoms with E-state index in [0.717, 1.165) is 66.4 Å². The van der Waals surface area contributed by atoms with Gasteiger partial charge in [0.2, 0.25) is 5.91 Å². The number of nitrogens with zero attached hydrogens (tertiary/aromatic N) is 3. The summed E-state index contributed by atoms with van der Waals surface area (Å²) in [5.41, 5.74) is -0.127. The summed E-state index contributed by atoms with van der Waals surface area (Å²) in [6, 6.07) is 4.53. The number of thiophene rings is 1. The van der Waals surface area contributed by atoms with Gasteiger partial charge in [-0.15, -0.1) is 21.5 Å². The summed E-state index contributed by atoms with van der Waals surface area (Å²) >= 11 is 2.53. The van der Waals surface area contributed by atoms with E-state index in [1.165, 1.54) is 23.5 Å². The van der Waals surface area contributed by atoms with Crippen LogP contribution in [0.15, 0.2) is 29.4 Å². The van der Waals surface area contributed by atoms with Crippen LogP contribution >= 0.6 is 23.1 Å². The lowest BCUT2D eigenvalue weighted by Crippen LogP contribution is -2.27. The van der Waals surface area contributed by atoms with Crippen LogP contribution in [0.4, 0.5) is 18.2 Å². The van der Waals surface area contributed by atoms with Gasteiger partial charge in [0.05, 0.1) is 35.1 Å². The monoisotopic (exact) mass is 609 g/mol. The number of anilines is 1. The number of nitrogens with one attached hydrogen (secondary N) is 2. The van der Waals surface area contributed by atoms with E-state index in [0.29, 0.717) is 21.5 Å². The van der Waals surface area contributed by atoms with Crippen LogP contribution in [0.5, 0.6) is 0 Å². The molecule has 0 fully saturated rings. The van der Waals surface area contributed by atoms with Gasteiger partial charge in [-0.1, -0.05) is 30.3 Å². The van der Waals surface area contributed by atoms with Crippen molar-refractivity contribution in [2.75, 3.05) is 11.9 Å². The highest BCUT2D eigenvalue weighted by Gasteiger charge is 2.35. The number of aryl methyl sites for hydroxylation is 1. The number of carbonyl (C=O) groups excluding carboxylic acids is 3. The van der Waals surface area contributed by atoms with Gasteiger partial charge in [0.25, 0.3) is 5.91 Å². The second-order valence-corrected chi connectivity index (χ2v) is 11.8. The van der Waals surface area contributed by atoms with E-state index < -0.39 is 34.4 Å². The van der Waals surface area contributed by atoms with Crippen LogP contribution in [-0.2, 0) is 42.1 Å². The maximum Gasteiger partial charge on any atom is 0.417 e.